The van der Waals surface area contributed by atoms with Gasteiger partial charge in [0.2, 0.25) is 5.91 Å². The second-order valence-corrected chi connectivity index (χ2v) is 6.43. The fraction of sp³-hybridized carbons (Fsp3) is 0.750. The van der Waals surface area contributed by atoms with Gasteiger partial charge in [0.25, 0.3) is 5.91 Å². The van der Waals surface area contributed by atoms with Gasteiger partial charge < -0.3 is 16.2 Å². The van der Waals surface area contributed by atoms with Crippen molar-refractivity contribution in [1.82, 2.24) is 16.2 Å². The number of aliphatic carboxylic acids is 1. The second kappa shape index (κ2) is 8.20. The minimum Gasteiger partial charge on any atom is -0.480 e. The first-order valence-corrected chi connectivity index (χ1v) is 7.88. The molecule has 1 aliphatic heterocycles. The van der Waals surface area contributed by atoms with Crippen LogP contribution in [0.4, 0.5) is 0 Å². The molecule has 1 rings (SSSR count). The van der Waals surface area contributed by atoms with Gasteiger partial charge in [-0.05, 0) is 12.3 Å². The van der Waals surface area contributed by atoms with Crippen molar-refractivity contribution in [2.24, 2.45) is 11.7 Å². The van der Waals surface area contributed by atoms with Crippen molar-refractivity contribution in [2.75, 3.05) is 11.5 Å². The van der Waals surface area contributed by atoms with Crippen LogP contribution in [0.2, 0.25) is 0 Å². The predicted octanol–water partition coefficient (Wildman–Crippen LogP) is -1.33. The van der Waals surface area contributed by atoms with E-state index in [4.69, 9.17) is 10.8 Å². The van der Waals surface area contributed by atoms with Gasteiger partial charge in [-0.1, -0.05) is 13.8 Å². The third-order valence-corrected chi connectivity index (χ3v) is 4.09. The van der Waals surface area contributed by atoms with E-state index >= 15 is 0 Å². The van der Waals surface area contributed by atoms with Crippen LogP contribution in [0, 0.1) is 5.92 Å². The third kappa shape index (κ3) is 5.90. The second-order valence-electron chi connectivity index (χ2n) is 5.36. The molecule has 1 fully saturated rings. The molecule has 120 valence electrons. The SMILES string of the molecule is CC(C)C[C@@H]1NNC(=O)C(N)CSCC(C(=O)O)NC1=O. The minimum absolute atomic E-state index is 0.163. The number of rotatable bonds is 3. The standard InChI is InChI=1S/C12H22N4O4S/c1-6(2)3-8-11(18)14-9(12(19)20)5-21-4-7(13)10(17)16-15-8/h6-9,15H,3-5,13H2,1-2H3,(H,14,18)(H,16,17)(H,19,20)/t7?,8-,9?/m0/s1. The molecule has 0 aromatic rings. The summed E-state index contributed by atoms with van der Waals surface area (Å²) >= 11 is 1.22. The van der Waals surface area contributed by atoms with E-state index in [0.29, 0.717) is 6.42 Å². The van der Waals surface area contributed by atoms with E-state index < -0.39 is 35.9 Å². The van der Waals surface area contributed by atoms with Crippen LogP contribution in [0.3, 0.4) is 0 Å². The molecule has 0 aromatic heterocycles. The molecule has 0 spiro atoms. The highest BCUT2D eigenvalue weighted by Gasteiger charge is 2.28. The zero-order chi connectivity index (χ0) is 16.0. The molecule has 1 heterocycles. The summed E-state index contributed by atoms with van der Waals surface area (Å²) in [6, 6.07) is -2.46. The summed E-state index contributed by atoms with van der Waals surface area (Å²) in [4.78, 5) is 35.1. The summed E-state index contributed by atoms with van der Waals surface area (Å²) in [7, 11) is 0. The quantitative estimate of drug-likeness (QED) is 0.435. The van der Waals surface area contributed by atoms with E-state index in [0.717, 1.165) is 0 Å². The fourth-order valence-corrected chi connectivity index (χ4v) is 2.79. The molecule has 0 bridgehead atoms. The number of carbonyl (C=O) groups excluding carboxylic acids is 2. The van der Waals surface area contributed by atoms with Crippen molar-refractivity contribution >= 4 is 29.5 Å². The van der Waals surface area contributed by atoms with Crippen LogP contribution in [-0.4, -0.2) is 52.5 Å². The van der Waals surface area contributed by atoms with E-state index in [9.17, 15) is 14.4 Å². The lowest BCUT2D eigenvalue weighted by atomic mass is 10.0. The molecular formula is C12H22N4O4S. The fourth-order valence-electron chi connectivity index (χ4n) is 1.79. The smallest absolute Gasteiger partial charge is 0.327 e. The summed E-state index contributed by atoms with van der Waals surface area (Å²) in [6.45, 7) is 3.86. The number of carboxylic acids is 1. The van der Waals surface area contributed by atoms with E-state index in [2.05, 4.69) is 16.2 Å². The lowest BCUT2D eigenvalue weighted by Gasteiger charge is -2.22. The maximum Gasteiger partial charge on any atom is 0.327 e. The largest absolute Gasteiger partial charge is 0.480 e. The Morgan fingerprint density at radius 2 is 2.05 bits per heavy atom. The number of hydrogen-bond acceptors (Lipinski definition) is 6. The van der Waals surface area contributed by atoms with Gasteiger partial charge >= 0.3 is 5.97 Å². The summed E-state index contributed by atoms with van der Waals surface area (Å²) in [5, 5.41) is 11.6. The van der Waals surface area contributed by atoms with E-state index in [1.54, 1.807) is 0 Å². The van der Waals surface area contributed by atoms with Crippen molar-refractivity contribution in [3.8, 4) is 0 Å². The number of carboxylic acid groups (broad SMARTS) is 1. The van der Waals surface area contributed by atoms with Crippen LogP contribution in [0.25, 0.3) is 0 Å². The summed E-state index contributed by atoms with van der Waals surface area (Å²) < 4.78 is 0. The molecule has 6 N–H and O–H groups in total. The Bertz CT molecular complexity index is 405. The molecule has 9 heteroatoms. The first-order chi connectivity index (χ1) is 9.81. The van der Waals surface area contributed by atoms with Crippen LogP contribution in [0.5, 0.6) is 0 Å². The first-order valence-electron chi connectivity index (χ1n) is 6.73. The Hall–Kier alpha value is -1.32. The van der Waals surface area contributed by atoms with Crippen molar-refractivity contribution in [3.63, 3.8) is 0 Å². The normalized spacial score (nSPS) is 28.5. The molecule has 0 radical (unpaired) electrons. The molecule has 21 heavy (non-hydrogen) atoms. The number of carbonyl (C=O) groups is 3. The lowest BCUT2D eigenvalue weighted by molar-refractivity contribution is -0.141. The van der Waals surface area contributed by atoms with Crippen molar-refractivity contribution in [1.29, 1.82) is 0 Å². The monoisotopic (exact) mass is 318 g/mol. The van der Waals surface area contributed by atoms with Crippen LogP contribution < -0.4 is 21.9 Å². The number of amides is 2. The molecule has 2 amide bonds. The lowest BCUT2D eigenvalue weighted by Crippen LogP contribution is -2.57. The number of hydrogen-bond donors (Lipinski definition) is 5. The molecule has 1 aliphatic rings. The van der Waals surface area contributed by atoms with Crippen molar-refractivity contribution in [3.05, 3.63) is 0 Å². The Morgan fingerprint density at radius 1 is 1.38 bits per heavy atom. The summed E-state index contributed by atoms with van der Waals surface area (Å²) in [6.07, 6.45) is 0.459. The first kappa shape index (κ1) is 17.7. The topological polar surface area (TPSA) is 134 Å². The zero-order valence-electron chi connectivity index (χ0n) is 12.1. The van der Waals surface area contributed by atoms with Gasteiger partial charge in [-0.25, -0.2) is 10.2 Å². The molecule has 3 atom stereocenters. The maximum atomic E-state index is 12.2. The Balaban J connectivity index is 2.86. The van der Waals surface area contributed by atoms with E-state index in [-0.39, 0.29) is 17.4 Å². The number of thioether (sulfide) groups is 1. The van der Waals surface area contributed by atoms with Gasteiger partial charge in [-0.15, -0.1) is 0 Å². The average Bonchev–Trinajstić information content (AvgIpc) is 2.41. The Labute approximate surface area is 127 Å². The van der Waals surface area contributed by atoms with Gasteiger partial charge in [0.1, 0.15) is 12.1 Å². The minimum atomic E-state index is -1.11. The Kier molecular flexibility index (Phi) is 6.93. The number of nitrogens with two attached hydrogens (primary N) is 1. The van der Waals surface area contributed by atoms with E-state index in [1.807, 2.05) is 13.8 Å². The molecule has 0 aromatic carbocycles. The summed E-state index contributed by atoms with van der Waals surface area (Å²) in [5.41, 5.74) is 10.8. The van der Waals surface area contributed by atoms with Gasteiger partial charge in [0.15, 0.2) is 0 Å². The highest BCUT2D eigenvalue weighted by molar-refractivity contribution is 7.99. The molecule has 1 saturated heterocycles. The van der Waals surface area contributed by atoms with Gasteiger partial charge in [-0.3, -0.25) is 15.0 Å². The van der Waals surface area contributed by atoms with Crippen LogP contribution in [-0.2, 0) is 14.4 Å². The van der Waals surface area contributed by atoms with Crippen LogP contribution in [0.1, 0.15) is 20.3 Å². The van der Waals surface area contributed by atoms with Gasteiger partial charge in [-0.2, -0.15) is 11.8 Å². The molecule has 2 unspecified atom stereocenters. The summed E-state index contributed by atoms with van der Waals surface area (Å²) in [5.74, 6) is -1.34. The maximum absolute atomic E-state index is 12.2. The van der Waals surface area contributed by atoms with Crippen LogP contribution in [0.15, 0.2) is 0 Å². The zero-order valence-corrected chi connectivity index (χ0v) is 12.9. The molecule has 8 nitrogen and oxygen atoms in total. The van der Waals surface area contributed by atoms with Crippen LogP contribution >= 0.6 is 11.8 Å². The molecular weight excluding hydrogens is 296 g/mol. The number of nitrogens with one attached hydrogen (secondary N) is 3. The number of hydrazine groups is 1. The predicted molar refractivity (Wildman–Crippen MR) is 79.4 cm³/mol. The van der Waals surface area contributed by atoms with Crippen molar-refractivity contribution < 1.29 is 19.5 Å². The highest BCUT2D eigenvalue weighted by Crippen LogP contribution is 2.09. The average molecular weight is 318 g/mol. The molecule has 0 saturated carbocycles. The molecule has 0 aliphatic carbocycles. The third-order valence-electron chi connectivity index (χ3n) is 2.93. The van der Waals surface area contributed by atoms with Gasteiger partial charge in [0.05, 0.1) is 6.04 Å². The highest BCUT2D eigenvalue weighted by atomic mass is 32.2. The Morgan fingerprint density at radius 3 is 2.62 bits per heavy atom. The van der Waals surface area contributed by atoms with Crippen molar-refractivity contribution in [2.45, 2.75) is 38.4 Å². The van der Waals surface area contributed by atoms with Gasteiger partial charge in [0, 0.05) is 11.5 Å². The van der Waals surface area contributed by atoms with E-state index in [1.165, 1.54) is 11.8 Å².